The highest BCUT2D eigenvalue weighted by Gasteiger charge is 2.09. The number of halogens is 1. The van der Waals surface area contributed by atoms with Crippen LogP contribution in [-0.2, 0) is 4.79 Å². The number of amides is 2. The molecule has 0 unspecified atom stereocenters. The summed E-state index contributed by atoms with van der Waals surface area (Å²) in [6.07, 6.45) is 0. The zero-order chi connectivity index (χ0) is 16.1. The minimum Gasteiger partial charge on any atom is -0.343 e. The quantitative estimate of drug-likeness (QED) is 0.912. The maximum absolute atomic E-state index is 13.0. The fourth-order valence-electron chi connectivity index (χ4n) is 2.04. The Balaban J connectivity index is 1.91. The average molecular weight is 300 g/mol. The summed E-state index contributed by atoms with van der Waals surface area (Å²) in [4.78, 5) is 23.7. The van der Waals surface area contributed by atoms with E-state index in [4.69, 9.17) is 0 Å². The van der Waals surface area contributed by atoms with Gasteiger partial charge in [-0.1, -0.05) is 23.8 Å². The first kappa shape index (κ1) is 15.7. The predicted octanol–water partition coefficient (Wildman–Crippen LogP) is 2.81. The van der Waals surface area contributed by atoms with Crippen molar-refractivity contribution in [3.63, 3.8) is 0 Å². The van der Waals surface area contributed by atoms with E-state index in [0.29, 0.717) is 5.69 Å². The lowest BCUT2D eigenvalue weighted by Crippen LogP contribution is -2.33. The van der Waals surface area contributed by atoms with Crippen molar-refractivity contribution in [1.29, 1.82) is 0 Å². The van der Waals surface area contributed by atoms with Gasteiger partial charge in [-0.05, 0) is 43.7 Å². The van der Waals surface area contributed by atoms with Crippen molar-refractivity contribution in [3.8, 4) is 0 Å². The molecular weight excluding hydrogens is 283 g/mol. The largest absolute Gasteiger partial charge is 0.343 e. The van der Waals surface area contributed by atoms with Gasteiger partial charge in [0.15, 0.2) is 0 Å². The number of anilines is 1. The maximum Gasteiger partial charge on any atom is 0.251 e. The summed E-state index contributed by atoms with van der Waals surface area (Å²) in [6.45, 7) is 3.69. The SMILES string of the molecule is Cc1ccc(NC(=O)CNC(=O)c2cccc(F)c2)c(C)c1. The van der Waals surface area contributed by atoms with Crippen LogP contribution in [0.2, 0.25) is 0 Å². The summed E-state index contributed by atoms with van der Waals surface area (Å²) in [5.74, 6) is -1.32. The second-order valence-corrected chi connectivity index (χ2v) is 5.06. The minimum atomic E-state index is -0.493. The van der Waals surface area contributed by atoms with E-state index in [0.717, 1.165) is 17.2 Å². The molecule has 0 fully saturated rings. The molecule has 4 nitrogen and oxygen atoms in total. The third-order valence-corrected chi connectivity index (χ3v) is 3.15. The molecule has 0 aliphatic rings. The summed E-state index contributed by atoms with van der Waals surface area (Å²) in [6, 6.07) is 11.0. The zero-order valence-corrected chi connectivity index (χ0v) is 12.4. The molecular formula is C17H17FN2O2. The normalized spacial score (nSPS) is 10.1. The number of carbonyl (C=O) groups is 2. The van der Waals surface area contributed by atoms with Gasteiger partial charge in [0, 0.05) is 11.3 Å². The van der Waals surface area contributed by atoms with Crippen LogP contribution in [0.5, 0.6) is 0 Å². The van der Waals surface area contributed by atoms with Crippen molar-refractivity contribution in [2.24, 2.45) is 0 Å². The molecule has 2 amide bonds. The highest BCUT2D eigenvalue weighted by molar-refractivity contribution is 5.99. The maximum atomic E-state index is 13.0. The van der Waals surface area contributed by atoms with Crippen LogP contribution in [0.3, 0.4) is 0 Å². The van der Waals surface area contributed by atoms with Gasteiger partial charge in [0.1, 0.15) is 5.82 Å². The molecule has 2 rings (SSSR count). The minimum absolute atomic E-state index is 0.178. The van der Waals surface area contributed by atoms with E-state index in [9.17, 15) is 14.0 Å². The number of carbonyl (C=O) groups excluding carboxylic acids is 2. The van der Waals surface area contributed by atoms with E-state index in [-0.39, 0.29) is 18.0 Å². The molecule has 5 heteroatoms. The molecule has 0 saturated carbocycles. The summed E-state index contributed by atoms with van der Waals surface area (Å²) in [5, 5.41) is 5.19. The summed E-state index contributed by atoms with van der Waals surface area (Å²) in [5.41, 5.74) is 2.94. The van der Waals surface area contributed by atoms with Crippen molar-refractivity contribution in [1.82, 2.24) is 5.32 Å². The Labute approximate surface area is 128 Å². The van der Waals surface area contributed by atoms with Crippen LogP contribution in [-0.4, -0.2) is 18.4 Å². The first-order valence-electron chi connectivity index (χ1n) is 6.86. The third kappa shape index (κ3) is 4.15. The molecule has 0 saturated heterocycles. The van der Waals surface area contributed by atoms with Crippen LogP contribution in [0, 0.1) is 19.7 Å². The second-order valence-electron chi connectivity index (χ2n) is 5.06. The highest BCUT2D eigenvalue weighted by Crippen LogP contribution is 2.15. The summed E-state index contributed by atoms with van der Waals surface area (Å²) in [7, 11) is 0. The Morgan fingerprint density at radius 2 is 1.86 bits per heavy atom. The van der Waals surface area contributed by atoms with Gasteiger partial charge < -0.3 is 10.6 Å². The van der Waals surface area contributed by atoms with Gasteiger partial charge in [-0.25, -0.2) is 4.39 Å². The fraction of sp³-hybridized carbons (Fsp3) is 0.176. The zero-order valence-electron chi connectivity index (χ0n) is 12.4. The first-order chi connectivity index (χ1) is 10.5. The molecule has 0 aromatic heterocycles. The van der Waals surface area contributed by atoms with E-state index in [1.807, 2.05) is 32.0 Å². The molecule has 0 radical (unpaired) electrons. The number of aryl methyl sites for hydroxylation is 2. The lowest BCUT2D eigenvalue weighted by Gasteiger charge is -2.10. The fourth-order valence-corrected chi connectivity index (χ4v) is 2.04. The average Bonchev–Trinajstić information content (AvgIpc) is 2.47. The number of benzene rings is 2. The Morgan fingerprint density at radius 1 is 1.09 bits per heavy atom. The smallest absolute Gasteiger partial charge is 0.251 e. The van der Waals surface area contributed by atoms with Gasteiger partial charge in [0.05, 0.1) is 6.54 Å². The summed E-state index contributed by atoms with van der Waals surface area (Å²) < 4.78 is 13.0. The Hall–Kier alpha value is -2.69. The van der Waals surface area contributed by atoms with Crippen molar-refractivity contribution in [2.45, 2.75) is 13.8 Å². The van der Waals surface area contributed by atoms with E-state index >= 15 is 0 Å². The Kier molecular flexibility index (Phi) is 4.88. The molecule has 0 aliphatic carbocycles. The van der Waals surface area contributed by atoms with Gasteiger partial charge >= 0.3 is 0 Å². The topological polar surface area (TPSA) is 58.2 Å². The van der Waals surface area contributed by atoms with Crippen molar-refractivity contribution >= 4 is 17.5 Å². The van der Waals surface area contributed by atoms with E-state index < -0.39 is 11.7 Å². The van der Waals surface area contributed by atoms with Crippen LogP contribution in [0.4, 0.5) is 10.1 Å². The molecule has 0 heterocycles. The van der Waals surface area contributed by atoms with Crippen LogP contribution in [0.1, 0.15) is 21.5 Å². The number of hydrogen-bond donors (Lipinski definition) is 2. The number of nitrogens with one attached hydrogen (secondary N) is 2. The Morgan fingerprint density at radius 3 is 2.55 bits per heavy atom. The molecule has 0 spiro atoms. The van der Waals surface area contributed by atoms with Gasteiger partial charge in [0.2, 0.25) is 5.91 Å². The predicted molar refractivity (Wildman–Crippen MR) is 83.3 cm³/mol. The summed E-state index contributed by atoms with van der Waals surface area (Å²) >= 11 is 0. The standard InChI is InChI=1S/C17H17FN2O2/c1-11-6-7-15(12(2)8-11)20-16(21)10-19-17(22)13-4-3-5-14(18)9-13/h3-9H,10H2,1-2H3,(H,19,22)(H,20,21). The van der Waals surface area contributed by atoms with Gasteiger partial charge in [-0.15, -0.1) is 0 Å². The van der Waals surface area contributed by atoms with E-state index in [1.54, 1.807) is 0 Å². The van der Waals surface area contributed by atoms with E-state index in [1.165, 1.54) is 18.2 Å². The first-order valence-corrected chi connectivity index (χ1v) is 6.86. The second kappa shape index (κ2) is 6.85. The monoisotopic (exact) mass is 300 g/mol. The van der Waals surface area contributed by atoms with Crippen molar-refractivity contribution in [2.75, 3.05) is 11.9 Å². The van der Waals surface area contributed by atoms with Gasteiger partial charge in [0.25, 0.3) is 5.91 Å². The molecule has 2 aromatic rings. The van der Waals surface area contributed by atoms with Crippen LogP contribution >= 0.6 is 0 Å². The number of rotatable bonds is 4. The molecule has 2 N–H and O–H groups in total. The molecule has 22 heavy (non-hydrogen) atoms. The van der Waals surface area contributed by atoms with Crippen molar-refractivity contribution < 1.29 is 14.0 Å². The molecule has 0 bridgehead atoms. The van der Waals surface area contributed by atoms with E-state index in [2.05, 4.69) is 10.6 Å². The Bertz CT molecular complexity index is 714. The van der Waals surface area contributed by atoms with Crippen LogP contribution < -0.4 is 10.6 Å². The molecule has 2 aromatic carbocycles. The third-order valence-electron chi connectivity index (χ3n) is 3.15. The van der Waals surface area contributed by atoms with Crippen LogP contribution in [0.15, 0.2) is 42.5 Å². The van der Waals surface area contributed by atoms with Gasteiger partial charge in [-0.2, -0.15) is 0 Å². The number of hydrogen-bond acceptors (Lipinski definition) is 2. The molecule has 0 atom stereocenters. The molecule has 0 aliphatic heterocycles. The molecule has 114 valence electrons. The van der Waals surface area contributed by atoms with Gasteiger partial charge in [-0.3, -0.25) is 9.59 Å². The lowest BCUT2D eigenvalue weighted by molar-refractivity contribution is -0.115. The van der Waals surface area contributed by atoms with Crippen LogP contribution in [0.25, 0.3) is 0 Å². The van der Waals surface area contributed by atoms with Crippen molar-refractivity contribution in [3.05, 3.63) is 65.0 Å². The lowest BCUT2D eigenvalue weighted by atomic mass is 10.1. The highest BCUT2D eigenvalue weighted by atomic mass is 19.1.